The molecule has 1 unspecified atom stereocenters. The van der Waals surface area contributed by atoms with Gasteiger partial charge in [-0.2, -0.15) is 5.26 Å². The summed E-state index contributed by atoms with van der Waals surface area (Å²) in [6.45, 7) is 5.55. The second-order valence-corrected chi connectivity index (χ2v) is 4.64. The van der Waals surface area contributed by atoms with Crippen molar-refractivity contribution in [1.29, 1.82) is 5.26 Å². The topological polar surface area (TPSA) is 39.9 Å². The maximum atomic E-state index is 8.85. The van der Waals surface area contributed by atoms with Crippen molar-refractivity contribution in [2.45, 2.75) is 32.7 Å². The van der Waals surface area contributed by atoms with Crippen molar-refractivity contribution >= 4 is 5.82 Å². The monoisotopic (exact) mass is 215 g/mol. The van der Waals surface area contributed by atoms with Crippen LogP contribution in [0.3, 0.4) is 0 Å². The lowest BCUT2D eigenvalue weighted by Crippen LogP contribution is -2.33. The molecule has 0 radical (unpaired) electrons. The van der Waals surface area contributed by atoms with E-state index in [4.69, 9.17) is 5.26 Å². The van der Waals surface area contributed by atoms with Gasteiger partial charge in [0.05, 0.1) is 0 Å². The fourth-order valence-electron chi connectivity index (χ4n) is 2.42. The third-order valence-corrected chi connectivity index (χ3v) is 3.21. The molecule has 16 heavy (non-hydrogen) atoms. The lowest BCUT2D eigenvalue weighted by molar-refractivity contribution is 0.489. The zero-order valence-electron chi connectivity index (χ0n) is 9.85. The molecule has 1 aliphatic heterocycles. The van der Waals surface area contributed by atoms with Crippen LogP contribution in [-0.2, 0) is 0 Å². The molecular formula is C13H17N3. The Morgan fingerprint density at radius 1 is 1.50 bits per heavy atom. The van der Waals surface area contributed by atoms with Crippen LogP contribution in [0.1, 0.15) is 32.4 Å². The zero-order valence-corrected chi connectivity index (χ0v) is 9.85. The highest BCUT2D eigenvalue weighted by Crippen LogP contribution is 2.28. The number of pyridine rings is 1. The van der Waals surface area contributed by atoms with Gasteiger partial charge in [0.25, 0.3) is 0 Å². The van der Waals surface area contributed by atoms with E-state index in [9.17, 15) is 0 Å². The van der Waals surface area contributed by atoms with Crippen LogP contribution in [0.4, 0.5) is 5.82 Å². The first-order valence-electron chi connectivity index (χ1n) is 5.86. The molecule has 0 aromatic carbocycles. The highest BCUT2D eigenvalue weighted by molar-refractivity contribution is 5.43. The van der Waals surface area contributed by atoms with Crippen LogP contribution in [-0.4, -0.2) is 17.6 Å². The zero-order chi connectivity index (χ0) is 11.5. The summed E-state index contributed by atoms with van der Waals surface area (Å²) < 4.78 is 0. The van der Waals surface area contributed by atoms with Gasteiger partial charge < -0.3 is 4.90 Å². The third kappa shape index (κ3) is 2.01. The van der Waals surface area contributed by atoms with Gasteiger partial charge in [0.1, 0.15) is 17.6 Å². The first-order chi connectivity index (χ1) is 7.72. The number of anilines is 1. The van der Waals surface area contributed by atoms with E-state index in [0.29, 0.717) is 17.7 Å². The van der Waals surface area contributed by atoms with Crippen molar-refractivity contribution in [2.75, 3.05) is 11.4 Å². The minimum absolute atomic E-state index is 0.506. The van der Waals surface area contributed by atoms with E-state index in [0.717, 1.165) is 12.4 Å². The summed E-state index contributed by atoms with van der Waals surface area (Å²) in [6.07, 6.45) is 2.46. The molecule has 1 saturated heterocycles. The molecule has 0 spiro atoms. The molecule has 1 aromatic rings. The van der Waals surface area contributed by atoms with E-state index in [1.165, 1.54) is 12.8 Å². The van der Waals surface area contributed by atoms with E-state index in [-0.39, 0.29) is 0 Å². The van der Waals surface area contributed by atoms with Crippen LogP contribution in [0.25, 0.3) is 0 Å². The fourth-order valence-corrected chi connectivity index (χ4v) is 2.42. The van der Waals surface area contributed by atoms with Crippen molar-refractivity contribution in [2.24, 2.45) is 5.92 Å². The minimum atomic E-state index is 0.506. The summed E-state index contributed by atoms with van der Waals surface area (Å²) in [5, 5.41) is 8.85. The van der Waals surface area contributed by atoms with Crippen molar-refractivity contribution in [3.8, 4) is 6.07 Å². The molecule has 1 fully saturated rings. The predicted molar refractivity (Wildman–Crippen MR) is 64.2 cm³/mol. The minimum Gasteiger partial charge on any atom is -0.353 e. The van der Waals surface area contributed by atoms with E-state index in [1.807, 2.05) is 12.1 Å². The maximum absolute atomic E-state index is 8.85. The van der Waals surface area contributed by atoms with Crippen LogP contribution in [0.2, 0.25) is 0 Å². The molecule has 1 aliphatic rings. The molecule has 2 rings (SSSR count). The molecule has 0 saturated carbocycles. The van der Waals surface area contributed by atoms with Crippen molar-refractivity contribution in [3.63, 3.8) is 0 Å². The quantitative estimate of drug-likeness (QED) is 0.761. The number of nitriles is 1. The van der Waals surface area contributed by atoms with E-state index in [2.05, 4.69) is 29.8 Å². The molecule has 84 valence electrons. The van der Waals surface area contributed by atoms with E-state index >= 15 is 0 Å². The van der Waals surface area contributed by atoms with Crippen molar-refractivity contribution in [3.05, 3.63) is 23.9 Å². The predicted octanol–water partition coefficient (Wildman–Crippen LogP) is 2.58. The Labute approximate surface area is 96.7 Å². The van der Waals surface area contributed by atoms with Crippen molar-refractivity contribution < 1.29 is 0 Å². The summed E-state index contributed by atoms with van der Waals surface area (Å²) in [5.74, 6) is 1.59. The van der Waals surface area contributed by atoms with Gasteiger partial charge in [-0.1, -0.05) is 19.9 Å². The SMILES string of the molecule is CC(C)C1CCCN1c1cccc(C#N)n1. The van der Waals surface area contributed by atoms with Gasteiger partial charge in [0.2, 0.25) is 0 Å². The number of hydrogen-bond donors (Lipinski definition) is 0. The molecule has 3 heteroatoms. The van der Waals surface area contributed by atoms with Gasteiger partial charge >= 0.3 is 0 Å². The molecular weight excluding hydrogens is 198 g/mol. The second-order valence-electron chi connectivity index (χ2n) is 4.64. The average molecular weight is 215 g/mol. The first kappa shape index (κ1) is 10.9. The molecule has 0 amide bonds. The van der Waals surface area contributed by atoms with Crippen LogP contribution in [0, 0.1) is 17.2 Å². The lowest BCUT2D eigenvalue weighted by atomic mass is 10.0. The summed E-state index contributed by atoms with van der Waals surface area (Å²) in [5.41, 5.74) is 0.506. The fraction of sp³-hybridized carbons (Fsp3) is 0.538. The molecule has 1 atom stereocenters. The van der Waals surface area contributed by atoms with Crippen LogP contribution in [0.15, 0.2) is 18.2 Å². The van der Waals surface area contributed by atoms with E-state index < -0.39 is 0 Å². The highest BCUT2D eigenvalue weighted by atomic mass is 15.2. The normalized spacial score (nSPS) is 20.1. The molecule has 2 heterocycles. The Hall–Kier alpha value is -1.56. The first-order valence-corrected chi connectivity index (χ1v) is 5.86. The van der Waals surface area contributed by atoms with Crippen molar-refractivity contribution in [1.82, 2.24) is 4.98 Å². The summed E-state index contributed by atoms with van der Waals surface area (Å²) in [7, 11) is 0. The van der Waals surface area contributed by atoms with Crippen LogP contribution < -0.4 is 4.90 Å². The van der Waals surface area contributed by atoms with Gasteiger partial charge in [-0.25, -0.2) is 4.98 Å². The largest absolute Gasteiger partial charge is 0.353 e. The third-order valence-electron chi connectivity index (χ3n) is 3.21. The van der Waals surface area contributed by atoms with E-state index in [1.54, 1.807) is 6.07 Å². The Morgan fingerprint density at radius 2 is 2.31 bits per heavy atom. The molecule has 0 aliphatic carbocycles. The molecule has 1 aromatic heterocycles. The van der Waals surface area contributed by atoms with Gasteiger partial charge in [-0.05, 0) is 30.9 Å². The van der Waals surface area contributed by atoms with Crippen LogP contribution in [0.5, 0.6) is 0 Å². The van der Waals surface area contributed by atoms with Gasteiger partial charge in [0.15, 0.2) is 0 Å². The summed E-state index contributed by atoms with van der Waals surface area (Å²) >= 11 is 0. The molecule has 0 N–H and O–H groups in total. The lowest BCUT2D eigenvalue weighted by Gasteiger charge is -2.28. The Morgan fingerprint density at radius 3 is 3.00 bits per heavy atom. The number of hydrogen-bond acceptors (Lipinski definition) is 3. The summed E-state index contributed by atoms with van der Waals surface area (Å²) in [4.78, 5) is 6.71. The molecule has 3 nitrogen and oxygen atoms in total. The summed E-state index contributed by atoms with van der Waals surface area (Å²) in [6, 6.07) is 8.34. The van der Waals surface area contributed by atoms with Crippen LogP contribution >= 0.6 is 0 Å². The van der Waals surface area contributed by atoms with Gasteiger partial charge in [-0.15, -0.1) is 0 Å². The van der Waals surface area contributed by atoms with Gasteiger partial charge in [0, 0.05) is 12.6 Å². The molecule has 0 bridgehead atoms. The number of rotatable bonds is 2. The maximum Gasteiger partial charge on any atom is 0.142 e. The Kier molecular flexibility index (Phi) is 3.09. The number of nitrogens with zero attached hydrogens (tertiary/aromatic N) is 3. The Balaban J connectivity index is 2.26. The highest BCUT2D eigenvalue weighted by Gasteiger charge is 2.27. The Bertz CT molecular complexity index is 406. The van der Waals surface area contributed by atoms with Gasteiger partial charge in [-0.3, -0.25) is 0 Å². The smallest absolute Gasteiger partial charge is 0.142 e. The average Bonchev–Trinajstić information content (AvgIpc) is 2.78. The standard InChI is InChI=1S/C13H17N3/c1-10(2)12-6-4-8-16(12)13-7-3-5-11(9-14)15-13/h3,5,7,10,12H,4,6,8H2,1-2H3. The number of aromatic nitrogens is 1. The second kappa shape index (κ2) is 4.52.